The minimum Gasteiger partial charge on any atom is -0.266 e. The number of hydrogen-bond acceptors (Lipinski definition) is 2. The van der Waals surface area contributed by atoms with Gasteiger partial charge in [-0.15, -0.1) is 11.6 Å². The predicted octanol–water partition coefficient (Wildman–Crippen LogP) is 3.95. The van der Waals surface area contributed by atoms with Gasteiger partial charge in [-0.1, -0.05) is 30.3 Å². The summed E-state index contributed by atoms with van der Waals surface area (Å²) in [7, 11) is -3.56. The fourth-order valence-corrected chi connectivity index (χ4v) is 3.91. The Morgan fingerprint density at radius 1 is 1.05 bits per heavy atom. The number of alkyl halides is 1. The number of hydrogen-bond donors (Lipinski definition) is 0. The first-order chi connectivity index (χ1) is 10.0. The van der Waals surface area contributed by atoms with Gasteiger partial charge in [-0.25, -0.2) is 8.42 Å². The highest BCUT2D eigenvalue weighted by atomic mass is 35.5. The highest BCUT2D eigenvalue weighted by molar-refractivity contribution is 7.92. The first-order valence-corrected chi connectivity index (χ1v) is 8.71. The van der Waals surface area contributed by atoms with Crippen LogP contribution in [-0.2, 0) is 15.9 Å². The van der Waals surface area contributed by atoms with Crippen LogP contribution < -0.4 is 4.31 Å². The lowest BCUT2D eigenvalue weighted by Gasteiger charge is -2.24. The van der Waals surface area contributed by atoms with Gasteiger partial charge in [0.15, 0.2) is 0 Å². The first kappa shape index (κ1) is 15.9. The zero-order valence-corrected chi connectivity index (χ0v) is 13.7. The highest BCUT2D eigenvalue weighted by Crippen LogP contribution is 2.26. The molecule has 0 saturated heterocycles. The van der Waals surface area contributed by atoms with Crippen molar-refractivity contribution in [2.45, 2.75) is 24.6 Å². The van der Waals surface area contributed by atoms with Crippen LogP contribution in [0.25, 0.3) is 0 Å². The van der Waals surface area contributed by atoms with Crippen molar-refractivity contribution in [1.82, 2.24) is 0 Å². The summed E-state index contributed by atoms with van der Waals surface area (Å²) in [6, 6.07) is 14.2. The van der Waals surface area contributed by atoms with E-state index >= 15 is 0 Å². The molecule has 2 aromatic carbocycles. The van der Waals surface area contributed by atoms with Gasteiger partial charge in [-0.05, 0) is 43.2 Å². The molecule has 0 heterocycles. The Labute approximate surface area is 131 Å². The molecular formula is C16H18ClNO2S. The van der Waals surface area contributed by atoms with Gasteiger partial charge in [0, 0.05) is 12.4 Å². The van der Waals surface area contributed by atoms with Crippen LogP contribution in [0.5, 0.6) is 0 Å². The van der Waals surface area contributed by atoms with Crippen molar-refractivity contribution in [3.05, 3.63) is 59.7 Å². The maximum absolute atomic E-state index is 12.8. The van der Waals surface area contributed by atoms with E-state index in [4.69, 9.17) is 11.6 Å². The molecule has 3 nitrogen and oxygen atoms in total. The van der Waals surface area contributed by atoms with Crippen LogP contribution in [0.1, 0.15) is 18.1 Å². The monoisotopic (exact) mass is 323 g/mol. The van der Waals surface area contributed by atoms with Gasteiger partial charge < -0.3 is 0 Å². The van der Waals surface area contributed by atoms with Gasteiger partial charge in [0.2, 0.25) is 0 Å². The third kappa shape index (κ3) is 3.22. The molecule has 0 aromatic heterocycles. The molecule has 21 heavy (non-hydrogen) atoms. The molecule has 0 aliphatic heterocycles. The van der Waals surface area contributed by atoms with Crippen molar-refractivity contribution in [1.29, 1.82) is 0 Å². The molecule has 2 rings (SSSR count). The van der Waals surface area contributed by atoms with Gasteiger partial charge in [0.05, 0.1) is 10.6 Å². The molecule has 0 radical (unpaired) electrons. The average molecular weight is 324 g/mol. The van der Waals surface area contributed by atoms with E-state index in [1.807, 2.05) is 38.1 Å². The van der Waals surface area contributed by atoms with E-state index in [1.54, 1.807) is 24.3 Å². The molecule has 0 aliphatic carbocycles. The maximum Gasteiger partial charge on any atom is 0.264 e. The van der Waals surface area contributed by atoms with Gasteiger partial charge >= 0.3 is 0 Å². The van der Waals surface area contributed by atoms with Gasteiger partial charge in [0.25, 0.3) is 10.0 Å². The third-order valence-electron chi connectivity index (χ3n) is 3.34. The molecule has 0 N–H and O–H groups in total. The normalized spacial score (nSPS) is 11.4. The van der Waals surface area contributed by atoms with E-state index in [1.165, 1.54) is 4.31 Å². The van der Waals surface area contributed by atoms with Crippen LogP contribution in [0.2, 0.25) is 0 Å². The zero-order chi connectivity index (χ0) is 15.5. The topological polar surface area (TPSA) is 37.4 Å². The second-order valence-corrected chi connectivity index (χ2v) is 6.86. The number of halogens is 1. The first-order valence-electron chi connectivity index (χ1n) is 6.74. The van der Waals surface area contributed by atoms with E-state index in [0.717, 1.165) is 11.1 Å². The predicted molar refractivity (Wildman–Crippen MR) is 87.4 cm³/mol. The van der Waals surface area contributed by atoms with Crippen molar-refractivity contribution in [2.75, 3.05) is 10.8 Å². The molecule has 5 heteroatoms. The zero-order valence-electron chi connectivity index (χ0n) is 12.1. The second kappa shape index (κ2) is 6.50. The van der Waals surface area contributed by atoms with Crippen LogP contribution in [0.3, 0.4) is 0 Å². The number of sulfonamides is 1. The van der Waals surface area contributed by atoms with Crippen LogP contribution in [0.15, 0.2) is 53.4 Å². The number of benzene rings is 2. The Hall–Kier alpha value is -1.52. The number of rotatable bonds is 5. The third-order valence-corrected chi connectivity index (χ3v) is 5.55. The van der Waals surface area contributed by atoms with E-state index in [-0.39, 0.29) is 4.90 Å². The van der Waals surface area contributed by atoms with Crippen molar-refractivity contribution in [2.24, 2.45) is 0 Å². The SMILES string of the molecule is CCN(c1ccccc1C)S(=O)(=O)c1ccc(CCl)cc1. The Balaban J connectivity index is 2.47. The van der Waals surface area contributed by atoms with Gasteiger partial charge in [-0.3, -0.25) is 4.31 Å². The van der Waals surface area contributed by atoms with Crippen molar-refractivity contribution < 1.29 is 8.42 Å². The number of nitrogens with zero attached hydrogens (tertiary/aromatic N) is 1. The molecular weight excluding hydrogens is 306 g/mol. The molecule has 0 saturated carbocycles. The van der Waals surface area contributed by atoms with Gasteiger partial charge in [-0.2, -0.15) is 0 Å². The smallest absolute Gasteiger partial charge is 0.264 e. The van der Waals surface area contributed by atoms with E-state index in [0.29, 0.717) is 18.1 Å². The summed E-state index contributed by atoms with van der Waals surface area (Å²) in [6.45, 7) is 4.12. The van der Waals surface area contributed by atoms with Crippen LogP contribution in [-0.4, -0.2) is 15.0 Å². The van der Waals surface area contributed by atoms with Crippen molar-refractivity contribution in [3.63, 3.8) is 0 Å². The number of para-hydroxylation sites is 1. The molecule has 0 aliphatic rings. The summed E-state index contributed by atoms with van der Waals surface area (Å²) >= 11 is 5.74. The fraction of sp³-hybridized carbons (Fsp3) is 0.250. The lowest BCUT2D eigenvalue weighted by molar-refractivity contribution is 0.591. The number of aryl methyl sites for hydroxylation is 1. The molecule has 0 fully saturated rings. The molecule has 112 valence electrons. The summed E-state index contributed by atoms with van der Waals surface area (Å²) < 4.78 is 27.0. The largest absolute Gasteiger partial charge is 0.266 e. The van der Waals surface area contributed by atoms with E-state index in [9.17, 15) is 8.42 Å². The molecule has 2 aromatic rings. The Bertz CT molecular complexity index is 711. The molecule has 0 unspecified atom stereocenters. The van der Waals surface area contributed by atoms with E-state index < -0.39 is 10.0 Å². The maximum atomic E-state index is 12.8. The number of anilines is 1. The molecule has 0 spiro atoms. The minimum atomic E-state index is -3.56. The lowest BCUT2D eigenvalue weighted by Crippen LogP contribution is -2.31. The summed E-state index contributed by atoms with van der Waals surface area (Å²) in [5.41, 5.74) is 2.54. The lowest BCUT2D eigenvalue weighted by atomic mass is 10.2. The average Bonchev–Trinajstić information content (AvgIpc) is 2.50. The quantitative estimate of drug-likeness (QED) is 0.781. The standard InChI is InChI=1S/C16H18ClNO2S/c1-3-18(16-7-5-4-6-13(16)2)21(19,20)15-10-8-14(12-17)9-11-15/h4-11H,3,12H2,1-2H3. The Morgan fingerprint density at radius 2 is 1.67 bits per heavy atom. The Morgan fingerprint density at radius 3 is 2.19 bits per heavy atom. The Kier molecular flexibility index (Phi) is 4.91. The summed E-state index contributed by atoms with van der Waals surface area (Å²) in [5, 5.41) is 0. The molecule has 0 atom stereocenters. The second-order valence-electron chi connectivity index (χ2n) is 4.73. The van der Waals surface area contributed by atoms with Gasteiger partial charge in [0.1, 0.15) is 0 Å². The highest BCUT2D eigenvalue weighted by Gasteiger charge is 2.24. The van der Waals surface area contributed by atoms with Crippen LogP contribution >= 0.6 is 11.6 Å². The van der Waals surface area contributed by atoms with Crippen molar-refractivity contribution in [3.8, 4) is 0 Å². The van der Waals surface area contributed by atoms with E-state index in [2.05, 4.69) is 0 Å². The molecule has 0 amide bonds. The fourth-order valence-electron chi connectivity index (χ4n) is 2.19. The van der Waals surface area contributed by atoms with Crippen LogP contribution in [0.4, 0.5) is 5.69 Å². The summed E-state index contributed by atoms with van der Waals surface area (Å²) in [6.07, 6.45) is 0. The molecule has 0 bridgehead atoms. The summed E-state index contributed by atoms with van der Waals surface area (Å²) in [5.74, 6) is 0.371. The minimum absolute atomic E-state index is 0.279. The van der Waals surface area contributed by atoms with Crippen molar-refractivity contribution >= 4 is 27.3 Å². The summed E-state index contributed by atoms with van der Waals surface area (Å²) in [4.78, 5) is 0.279. The van der Waals surface area contributed by atoms with Crippen LogP contribution in [0, 0.1) is 6.92 Å².